The first-order chi connectivity index (χ1) is 16.2. The van der Waals surface area contributed by atoms with E-state index in [0.717, 1.165) is 62.8 Å². The maximum atomic E-state index is 11.7. The van der Waals surface area contributed by atoms with Crippen LogP contribution in [0, 0.1) is 0 Å². The van der Waals surface area contributed by atoms with Crippen LogP contribution in [0.3, 0.4) is 0 Å². The predicted molar refractivity (Wildman–Crippen MR) is 136 cm³/mol. The minimum absolute atomic E-state index is 0.471. The molecule has 0 radical (unpaired) electrons. The Kier molecular flexibility index (Phi) is 8.25. The molecule has 0 saturated carbocycles. The standard InChI is InChI=1S/C27H37N5O/c1-23-20-31(19-15-28-23)27(21-30-16-6-3-7-17-30)29-25-10-12-26(13-11-25)32(22-33)18-14-24-8-4-2-5-9-24/h2,4-5,8-13,21-23,28-29H,3,6-7,14-20H2,1H3/b27-21-/t23-/m0/s1. The van der Waals surface area contributed by atoms with Gasteiger partial charge in [-0.3, -0.25) is 4.79 Å². The average Bonchev–Trinajstić information content (AvgIpc) is 2.86. The largest absolute Gasteiger partial charge is 0.374 e. The number of benzene rings is 2. The van der Waals surface area contributed by atoms with E-state index in [2.05, 4.69) is 57.8 Å². The highest BCUT2D eigenvalue weighted by Crippen LogP contribution is 2.21. The first-order valence-corrected chi connectivity index (χ1v) is 12.3. The summed E-state index contributed by atoms with van der Waals surface area (Å²) < 4.78 is 0. The second-order valence-electron chi connectivity index (χ2n) is 9.12. The fourth-order valence-electron chi connectivity index (χ4n) is 4.59. The molecule has 1 atom stereocenters. The van der Waals surface area contributed by atoms with Gasteiger partial charge >= 0.3 is 0 Å². The summed E-state index contributed by atoms with van der Waals surface area (Å²) in [7, 11) is 0. The molecule has 176 valence electrons. The average molecular weight is 448 g/mol. The van der Waals surface area contributed by atoms with Crippen LogP contribution >= 0.6 is 0 Å². The van der Waals surface area contributed by atoms with E-state index < -0.39 is 0 Å². The van der Waals surface area contributed by atoms with Crippen LogP contribution in [0.5, 0.6) is 0 Å². The van der Waals surface area contributed by atoms with Gasteiger partial charge in [0.1, 0.15) is 5.82 Å². The molecule has 0 aromatic heterocycles. The summed E-state index contributed by atoms with van der Waals surface area (Å²) >= 11 is 0. The predicted octanol–water partition coefficient (Wildman–Crippen LogP) is 3.88. The lowest BCUT2D eigenvalue weighted by Gasteiger charge is -2.37. The van der Waals surface area contributed by atoms with Crippen molar-refractivity contribution < 1.29 is 4.79 Å². The van der Waals surface area contributed by atoms with Gasteiger partial charge in [0.25, 0.3) is 0 Å². The Morgan fingerprint density at radius 3 is 2.52 bits per heavy atom. The first kappa shape index (κ1) is 23.2. The molecular formula is C27H37N5O. The smallest absolute Gasteiger partial charge is 0.214 e. The fourth-order valence-corrected chi connectivity index (χ4v) is 4.59. The van der Waals surface area contributed by atoms with E-state index in [0.29, 0.717) is 12.6 Å². The highest BCUT2D eigenvalue weighted by atomic mass is 16.1. The summed E-state index contributed by atoms with van der Waals surface area (Å²) in [5, 5.41) is 7.20. The normalized spacial score (nSPS) is 19.3. The Hall–Kier alpha value is -2.99. The van der Waals surface area contributed by atoms with Crippen molar-refractivity contribution in [3.05, 3.63) is 72.2 Å². The molecule has 2 aliphatic rings. The molecule has 2 fully saturated rings. The van der Waals surface area contributed by atoms with E-state index in [1.54, 1.807) is 4.90 Å². The van der Waals surface area contributed by atoms with Gasteiger partial charge in [-0.1, -0.05) is 30.3 Å². The Balaban J connectivity index is 1.43. The minimum atomic E-state index is 0.471. The Morgan fingerprint density at radius 2 is 1.82 bits per heavy atom. The topological polar surface area (TPSA) is 50.9 Å². The summed E-state index contributed by atoms with van der Waals surface area (Å²) in [6, 6.07) is 19.0. The summed E-state index contributed by atoms with van der Waals surface area (Å²) in [4.78, 5) is 18.4. The SMILES string of the molecule is C[C@H]1CN(/C(=C\N2CCCCC2)Nc2ccc(N(C=O)CCc3ccccc3)cc2)CCN1. The summed E-state index contributed by atoms with van der Waals surface area (Å²) in [5.74, 6) is 1.16. The number of anilines is 2. The number of piperazine rings is 1. The van der Waals surface area contributed by atoms with Crippen molar-refractivity contribution in [1.82, 2.24) is 15.1 Å². The van der Waals surface area contributed by atoms with Crippen molar-refractivity contribution in [2.45, 2.75) is 38.6 Å². The Morgan fingerprint density at radius 1 is 1.06 bits per heavy atom. The second-order valence-corrected chi connectivity index (χ2v) is 9.12. The number of carbonyl (C=O) groups excluding carboxylic acids is 1. The molecule has 2 aromatic rings. The van der Waals surface area contributed by atoms with E-state index in [1.165, 1.54) is 24.8 Å². The lowest BCUT2D eigenvalue weighted by atomic mass is 10.1. The summed E-state index contributed by atoms with van der Waals surface area (Å²) in [5.41, 5.74) is 3.20. The van der Waals surface area contributed by atoms with Crippen molar-refractivity contribution in [2.75, 3.05) is 49.5 Å². The lowest BCUT2D eigenvalue weighted by molar-refractivity contribution is -0.107. The molecule has 2 aromatic carbocycles. The maximum Gasteiger partial charge on any atom is 0.214 e. The first-order valence-electron chi connectivity index (χ1n) is 12.3. The van der Waals surface area contributed by atoms with Crippen molar-refractivity contribution >= 4 is 17.8 Å². The van der Waals surface area contributed by atoms with Gasteiger partial charge in [-0.05, 0) is 62.4 Å². The van der Waals surface area contributed by atoms with Crippen LogP contribution in [0.15, 0.2) is 66.6 Å². The molecule has 2 aliphatic heterocycles. The van der Waals surface area contributed by atoms with Crippen LogP contribution in [0.4, 0.5) is 11.4 Å². The van der Waals surface area contributed by atoms with Crippen LogP contribution in [-0.2, 0) is 11.2 Å². The molecule has 0 aliphatic carbocycles. The number of nitrogens with zero attached hydrogens (tertiary/aromatic N) is 3. The molecule has 4 rings (SSSR count). The van der Waals surface area contributed by atoms with Gasteiger partial charge in [0, 0.05) is 62.9 Å². The van der Waals surface area contributed by atoms with E-state index in [4.69, 9.17) is 0 Å². The van der Waals surface area contributed by atoms with E-state index >= 15 is 0 Å². The molecule has 1 amide bonds. The molecule has 2 heterocycles. The van der Waals surface area contributed by atoms with Crippen LogP contribution in [0.25, 0.3) is 0 Å². The minimum Gasteiger partial charge on any atom is -0.374 e. The van der Waals surface area contributed by atoms with Crippen LogP contribution in [0.2, 0.25) is 0 Å². The van der Waals surface area contributed by atoms with Gasteiger partial charge in [0.2, 0.25) is 6.41 Å². The van der Waals surface area contributed by atoms with Gasteiger partial charge in [0.15, 0.2) is 0 Å². The third-order valence-corrected chi connectivity index (χ3v) is 6.49. The zero-order valence-electron chi connectivity index (χ0n) is 19.7. The van der Waals surface area contributed by atoms with Gasteiger partial charge in [-0.25, -0.2) is 0 Å². The maximum absolute atomic E-state index is 11.7. The number of piperidine rings is 1. The van der Waals surface area contributed by atoms with Gasteiger partial charge in [0.05, 0.1) is 0 Å². The quantitative estimate of drug-likeness (QED) is 0.572. The number of amides is 1. The monoisotopic (exact) mass is 447 g/mol. The summed E-state index contributed by atoms with van der Waals surface area (Å²) in [6.07, 6.45) is 7.93. The van der Waals surface area contributed by atoms with Crippen molar-refractivity contribution in [2.24, 2.45) is 0 Å². The lowest BCUT2D eigenvalue weighted by Crippen LogP contribution is -2.50. The van der Waals surface area contributed by atoms with Crippen LogP contribution in [-0.4, -0.2) is 61.5 Å². The zero-order valence-corrected chi connectivity index (χ0v) is 19.7. The molecule has 6 nitrogen and oxygen atoms in total. The number of nitrogens with one attached hydrogen (secondary N) is 2. The van der Waals surface area contributed by atoms with Crippen LogP contribution in [0.1, 0.15) is 31.7 Å². The van der Waals surface area contributed by atoms with E-state index in [9.17, 15) is 4.79 Å². The molecule has 2 saturated heterocycles. The Labute approximate surface area is 198 Å². The molecule has 0 unspecified atom stereocenters. The molecule has 0 bridgehead atoms. The van der Waals surface area contributed by atoms with Crippen molar-refractivity contribution in [3.8, 4) is 0 Å². The third kappa shape index (κ3) is 6.75. The molecule has 33 heavy (non-hydrogen) atoms. The van der Waals surface area contributed by atoms with Crippen molar-refractivity contribution in [1.29, 1.82) is 0 Å². The van der Waals surface area contributed by atoms with Crippen LogP contribution < -0.4 is 15.5 Å². The number of rotatable bonds is 9. The zero-order chi connectivity index (χ0) is 22.9. The van der Waals surface area contributed by atoms with Gasteiger partial charge in [-0.15, -0.1) is 0 Å². The number of hydrogen-bond donors (Lipinski definition) is 2. The van der Waals surface area contributed by atoms with Gasteiger partial charge < -0.3 is 25.3 Å². The van der Waals surface area contributed by atoms with Crippen molar-refractivity contribution in [3.63, 3.8) is 0 Å². The second kappa shape index (κ2) is 11.8. The number of likely N-dealkylation sites (tertiary alicyclic amines) is 1. The third-order valence-electron chi connectivity index (χ3n) is 6.49. The Bertz CT molecular complexity index is 892. The molecule has 2 N–H and O–H groups in total. The van der Waals surface area contributed by atoms with E-state index in [-0.39, 0.29) is 0 Å². The highest BCUT2D eigenvalue weighted by Gasteiger charge is 2.19. The van der Waals surface area contributed by atoms with Gasteiger partial charge in [-0.2, -0.15) is 0 Å². The fraction of sp³-hybridized carbons (Fsp3) is 0.444. The number of carbonyl (C=O) groups is 1. The number of hydrogen-bond acceptors (Lipinski definition) is 5. The summed E-state index contributed by atoms with van der Waals surface area (Å²) in [6.45, 7) is 8.14. The van der Waals surface area contributed by atoms with E-state index in [1.807, 2.05) is 30.3 Å². The molecule has 0 spiro atoms. The molecule has 6 heteroatoms. The highest BCUT2D eigenvalue weighted by molar-refractivity contribution is 5.76. The molecular weight excluding hydrogens is 410 g/mol.